The van der Waals surface area contributed by atoms with Crippen LogP contribution in [0.3, 0.4) is 0 Å². The van der Waals surface area contributed by atoms with E-state index in [0.717, 1.165) is 22.1 Å². The number of fused-ring (bicyclic) bond motifs is 1. The van der Waals surface area contributed by atoms with Crippen molar-refractivity contribution in [3.8, 4) is 11.1 Å². The highest BCUT2D eigenvalue weighted by atomic mass is 35.5. The summed E-state index contributed by atoms with van der Waals surface area (Å²) in [5.41, 5.74) is 8.97. The number of nitrogen functional groups attached to an aromatic ring is 1. The van der Waals surface area contributed by atoms with Gasteiger partial charge in [-0.3, -0.25) is 9.59 Å². The zero-order valence-electron chi connectivity index (χ0n) is 21.0. The number of halogens is 3. The van der Waals surface area contributed by atoms with Crippen molar-refractivity contribution in [2.24, 2.45) is 0 Å². The van der Waals surface area contributed by atoms with Crippen LogP contribution >= 0.6 is 11.6 Å². The standard InChI is InChI=1S/C30H26ClF2N3O3/c31-23-15-22-16-25(9-8-24(37)7-1-19-2-10-27(34)35-18-19)39-28(22)26(17-23)20-3-5-21(6-4-20)29(38)36-13-11-30(32,33)12-14-36/h1-7,10,15-18H,8-9,11-14H2,(H2,34,35)/b7-1+. The molecule has 3 heterocycles. The van der Waals surface area contributed by atoms with E-state index in [0.29, 0.717) is 34.2 Å². The summed E-state index contributed by atoms with van der Waals surface area (Å²) in [6.07, 6.45) is 4.84. The Labute approximate surface area is 229 Å². The van der Waals surface area contributed by atoms with Crippen LogP contribution in [0, 0.1) is 0 Å². The molecule has 1 saturated heterocycles. The Morgan fingerprint density at radius 2 is 1.82 bits per heavy atom. The van der Waals surface area contributed by atoms with Gasteiger partial charge in [0.25, 0.3) is 11.8 Å². The molecule has 0 bridgehead atoms. The molecule has 2 aromatic heterocycles. The average Bonchev–Trinajstić information content (AvgIpc) is 3.33. The highest BCUT2D eigenvalue weighted by Crippen LogP contribution is 2.35. The average molecular weight is 550 g/mol. The van der Waals surface area contributed by atoms with E-state index in [-0.39, 0.29) is 44.0 Å². The van der Waals surface area contributed by atoms with E-state index in [4.69, 9.17) is 21.8 Å². The highest BCUT2D eigenvalue weighted by Gasteiger charge is 2.35. The molecule has 2 aromatic carbocycles. The Morgan fingerprint density at radius 1 is 1.08 bits per heavy atom. The third kappa shape index (κ3) is 6.34. The van der Waals surface area contributed by atoms with Crippen molar-refractivity contribution in [3.05, 3.63) is 88.8 Å². The van der Waals surface area contributed by atoms with Crippen LogP contribution in [0.5, 0.6) is 0 Å². The quantitative estimate of drug-likeness (QED) is 0.256. The van der Waals surface area contributed by atoms with E-state index >= 15 is 0 Å². The van der Waals surface area contributed by atoms with Crippen LogP contribution in [0.2, 0.25) is 5.02 Å². The third-order valence-corrected chi connectivity index (χ3v) is 6.96. The van der Waals surface area contributed by atoms with E-state index in [1.165, 1.54) is 11.0 Å². The predicted molar refractivity (Wildman–Crippen MR) is 148 cm³/mol. The fraction of sp³-hybridized carbons (Fsp3) is 0.233. The Morgan fingerprint density at radius 3 is 2.51 bits per heavy atom. The molecular weight excluding hydrogens is 524 g/mol. The molecule has 9 heteroatoms. The number of hydrogen-bond donors (Lipinski definition) is 1. The summed E-state index contributed by atoms with van der Waals surface area (Å²) in [5, 5.41) is 1.33. The van der Waals surface area contributed by atoms with Crippen LogP contribution in [-0.4, -0.2) is 40.6 Å². The van der Waals surface area contributed by atoms with Gasteiger partial charge < -0.3 is 15.1 Å². The number of rotatable bonds is 7. The van der Waals surface area contributed by atoms with Crippen molar-refractivity contribution in [1.29, 1.82) is 0 Å². The highest BCUT2D eigenvalue weighted by molar-refractivity contribution is 6.31. The molecule has 0 aliphatic carbocycles. The second kappa shape index (κ2) is 11.0. The Balaban J connectivity index is 1.29. The lowest BCUT2D eigenvalue weighted by Crippen LogP contribution is -2.42. The number of furan rings is 1. The number of nitrogens with zero attached hydrogens (tertiary/aromatic N) is 2. The number of hydrogen-bond acceptors (Lipinski definition) is 5. The molecule has 1 aliphatic rings. The van der Waals surface area contributed by atoms with E-state index in [1.54, 1.807) is 60.8 Å². The summed E-state index contributed by atoms with van der Waals surface area (Å²) in [5.74, 6) is -1.96. The van der Waals surface area contributed by atoms with Crippen molar-refractivity contribution in [2.75, 3.05) is 18.8 Å². The maximum atomic E-state index is 13.5. The molecule has 6 nitrogen and oxygen atoms in total. The van der Waals surface area contributed by atoms with Crippen LogP contribution < -0.4 is 5.73 Å². The van der Waals surface area contributed by atoms with Gasteiger partial charge in [-0.2, -0.15) is 0 Å². The number of carbonyl (C=O) groups excluding carboxylic acids is 2. The monoisotopic (exact) mass is 549 g/mol. The normalized spacial score (nSPS) is 15.2. The van der Waals surface area contributed by atoms with Crippen LogP contribution in [-0.2, 0) is 11.2 Å². The summed E-state index contributed by atoms with van der Waals surface area (Å²) >= 11 is 6.39. The summed E-state index contributed by atoms with van der Waals surface area (Å²) < 4.78 is 33.0. The Bertz CT molecular complexity index is 1540. The Kier molecular flexibility index (Phi) is 7.48. The van der Waals surface area contributed by atoms with E-state index in [2.05, 4.69) is 4.98 Å². The van der Waals surface area contributed by atoms with Crippen molar-refractivity contribution < 1.29 is 22.8 Å². The molecule has 4 aromatic rings. The van der Waals surface area contributed by atoms with Crippen molar-refractivity contribution >= 4 is 46.2 Å². The number of anilines is 1. The second-order valence-corrected chi connectivity index (χ2v) is 10.1. The lowest BCUT2D eigenvalue weighted by Gasteiger charge is -2.31. The van der Waals surface area contributed by atoms with Crippen molar-refractivity contribution in [3.63, 3.8) is 0 Å². The van der Waals surface area contributed by atoms with Gasteiger partial charge in [-0.1, -0.05) is 23.7 Å². The molecule has 1 aliphatic heterocycles. The number of allylic oxidation sites excluding steroid dienone is 1. The van der Waals surface area contributed by atoms with Crippen LogP contribution in [0.25, 0.3) is 28.2 Å². The van der Waals surface area contributed by atoms with Gasteiger partial charge in [0, 0.05) is 66.5 Å². The number of alkyl halides is 2. The topological polar surface area (TPSA) is 89.4 Å². The minimum absolute atomic E-state index is 0.0363. The first-order chi connectivity index (χ1) is 18.7. The largest absolute Gasteiger partial charge is 0.460 e. The number of amides is 1. The molecule has 39 heavy (non-hydrogen) atoms. The smallest absolute Gasteiger partial charge is 0.253 e. The minimum atomic E-state index is -2.71. The molecule has 1 fully saturated rings. The number of nitrogens with two attached hydrogens (primary N) is 1. The van der Waals surface area contributed by atoms with Gasteiger partial charge in [0.2, 0.25) is 0 Å². The SMILES string of the molecule is Nc1ccc(/C=C/C(=O)CCc2cc3cc(Cl)cc(-c4ccc(C(=O)N5CCC(F)(F)CC5)cc4)c3o2)cn1. The van der Waals surface area contributed by atoms with Crippen molar-refractivity contribution in [2.45, 2.75) is 31.6 Å². The van der Waals surface area contributed by atoms with Gasteiger partial charge in [0.15, 0.2) is 5.78 Å². The van der Waals surface area contributed by atoms with Gasteiger partial charge in [0.05, 0.1) is 0 Å². The molecule has 2 N–H and O–H groups in total. The molecule has 5 rings (SSSR count). The van der Waals surface area contributed by atoms with Gasteiger partial charge in [-0.05, 0) is 65.7 Å². The number of pyridine rings is 1. The molecule has 1 amide bonds. The van der Waals surface area contributed by atoms with E-state index in [9.17, 15) is 18.4 Å². The zero-order chi connectivity index (χ0) is 27.6. The molecule has 0 spiro atoms. The van der Waals surface area contributed by atoms with Gasteiger partial charge in [-0.25, -0.2) is 13.8 Å². The van der Waals surface area contributed by atoms with Crippen LogP contribution in [0.1, 0.15) is 40.9 Å². The first-order valence-corrected chi connectivity index (χ1v) is 13.0. The van der Waals surface area contributed by atoms with Crippen LogP contribution in [0.15, 0.2) is 71.3 Å². The fourth-order valence-electron chi connectivity index (χ4n) is 4.55. The molecule has 0 saturated carbocycles. The summed E-state index contributed by atoms with van der Waals surface area (Å²) in [6, 6.07) is 15.9. The second-order valence-electron chi connectivity index (χ2n) is 9.63. The zero-order valence-corrected chi connectivity index (χ0v) is 21.8. The predicted octanol–water partition coefficient (Wildman–Crippen LogP) is 6.82. The maximum absolute atomic E-state index is 13.5. The molecule has 0 unspecified atom stereocenters. The Hall–Kier alpha value is -4.04. The number of likely N-dealkylation sites (tertiary alicyclic amines) is 1. The van der Waals surface area contributed by atoms with Gasteiger partial charge in [0.1, 0.15) is 17.2 Å². The number of benzene rings is 2. The fourth-order valence-corrected chi connectivity index (χ4v) is 4.78. The van der Waals surface area contributed by atoms with Gasteiger partial charge in [-0.15, -0.1) is 0 Å². The number of ketones is 1. The molecule has 0 radical (unpaired) electrons. The summed E-state index contributed by atoms with van der Waals surface area (Å²) in [7, 11) is 0. The lowest BCUT2D eigenvalue weighted by atomic mass is 10.0. The lowest BCUT2D eigenvalue weighted by molar-refractivity contribution is -0.114. The number of aryl methyl sites for hydroxylation is 1. The first kappa shape index (κ1) is 26.6. The van der Waals surface area contributed by atoms with E-state index in [1.807, 2.05) is 6.07 Å². The number of piperidine rings is 1. The third-order valence-electron chi connectivity index (χ3n) is 6.75. The number of carbonyl (C=O) groups is 2. The summed E-state index contributed by atoms with van der Waals surface area (Å²) in [4.78, 5) is 30.6. The molecular formula is C30H26ClF2N3O3. The van der Waals surface area contributed by atoms with E-state index < -0.39 is 5.92 Å². The summed E-state index contributed by atoms with van der Waals surface area (Å²) in [6.45, 7) is 0.0725. The molecule has 200 valence electrons. The first-order valence-electron chi connectivity index (χ1n) is 12.6. The van der Waals surface area contributed by atoms with Gasteiger partial charge >= 0.3 is 0 Å². The molecule has 0 atom stereocenters. The minimum Gasteiger partial charge on any atom is -0.460 e. The number of aromatic nitrogens is 1. The maximum Gasteiger partial charge on any atom is 0.253 e. The van der Waals surface area contributed by atoms with Crippen LogP contribution in [0.4, 0.5) is 14.6 Å². The van der Waals surface area contributed by atoms with Crippen molar-refractivity contribution in [1.82, 2.24) is 9.88 Å².